The van der Waals surface area contributed by atoms with Crippen LogP contribution in [0.15, 0.2) is 0 Å². The van der Waals surface area contributed by atoms with E-state index in [1.165, 1.54) is 6.92 Å². The maximum atomic E-state index is 13.0. The molecule has 0 spiro atoms. The van der Waals surface area contributed by atoms with Gasteiger partial charge in [-0.25, -0.2) is 0 Å². The van der Waals surface area contributed by atoms with Crippen LogP contribution in [-0.4, -0.2) is 64.4 Å². The molecule has 9 heteroatoms. The Morgan fingerprint density at radius 1 is 1.00 bits per heavy atom. The van der Waals surface area contributed by atoms with Crippen molar-refractivity contribution in [2.24, 2.45) is 0 Å². The molecule has 0 saturated heterocycles. The van der Waals surface area contributed by atoms with Gasteiger partial charge in [-0.3, -0.25) is 0 Å². The summed E-state index contributed by atoms with van der Waals surface area (Å²) in [6.45, 7) is 5.55. The molecule has 2 nitrogen and oxygen atoms in total. The molecule has 0 N–H and O–H groups in total. The van der Waals surface area contributed by atoms with Crippen molar-refractivity contribution in [3.8, 4) is 0 Å². The number of halogens is 6. The van der Waals surface area contributed by atoms with Crippen LogP contribution in [0.2, 0.25) is 0 Å². The molecule has 0 saturated carbocycles. The molecule has 19 heavy (non-hydrogen) atoms. The Hall–Kier alpha value is 0.299. The Bertz CT molecular complexity index is 277. The molecule has 0 aromatic carbocycles. The van der Waals surface area contributed by atoms with Gasteiger partial charge in [0.2, 0.25) is 0 Å². The molecule has 113 valence electrons. The molecule has 3 radical (unpaired) electrons. The second-order valence-electron chi connectivity index (χ2n) is 4.43. The Kier molecular flexibility index (Phi) is 6.48. The number of likely N-dealkylation sites (N-methyl/N-ethyl adjacent to an activating group) is 1. The normalized spacial score (nSPS) is 16.3. The summed E-state index contributed by atoms with van der Waals surface area (Å²) in [7, 11) is 0. The summed E-state index contributed by atoms with van der Waals surface area (Å²) in [5.74, 6) is 0. The number of nitrogens with zero attached hydrogens (tertiary/aromatic N) is 1. The maximum absolute atomic E-state index is 13.0. The monoisotopic (exact) mass is 400 g/mol. The average molecular weight is 399 g/mol. The number of rotatable bonds is 5. The van der Waals surface area contributed by atoms with Crippen molar-refractivity contribution in [1.29, 1.82) is 0 Å². The fourth-order valence-corrected chi connectivity index (χ4v) is 3.30. The van der Waals surface area contributed by atoms with Crippen molar-refractivity contribution >= 4 is 22.9 Å². The third kappa shape index (κ3) is 3.49. The van der Waals surface area contributed by atoms with Crippen LogP contribution in [0.5, 0.6) is 0 Å². The summed E-state index contributed by atoms with van der Waals surface area (Å²) < 4.78 is 82.2. The Morgan fingerprint density at radius 3 is 1.53 bits per heavy atom. The quantitative estimate of drug-likeness (QED) is 0.521. The van der Waals surface area contributed by atoms with Crippen LogP contribution in [0.3, 0.4) is 0 Å². The third-order valence-electron chi connectivity index (χ3n) is 3.12. The molecular formula is C10H16F6NOSn. The zero-order valence-corrected chi connectivity index (χ0v) is 13.8. The summed E-state index contributed by atoms with van der Waals surface area (Å²) >= 11 is -0.279. The van der Waals surface area contributed by atoms with Gasteiger partial charge in [-0.15, -0.1) is 0 Å². The topological polar surface area (TPSA) is 12.5 Å². The molecule has 1 unspecified atom stereocenters. The van der Waals surface area contributed by atoms with Crippen LogP contribution >= 0.6 is 0 Å². The summed E-state index contributed by atoms with van der Waals surface area (Å²) in [6.07, 6.45) is -11.1. The van der Waals surface area contributed by atoms with E-state index in [2.05, 4.69) is 3.07 Å². The fourth-order valence-electron chi connectivity index (χ4n) is 2.16. The Balaban J connectivity index is 5.87. The molecule has 0 aliphatic carbocycles. The van der Waals surface area contributed by atoms with Crippen LogP contribution in [0.1, 0.15) is 27.7 Å². The number of hydrogen-bond donors (Lipinski definition) is 0. The third-order valence-corrected chi connectivity index (χ3v) is 4.04. The summed E-state index contributed by atoms with van der Waals surface area (Å²) in [6, 6.07) is -2.33. The van der Waals surface area contributed by atoms with Crippen molar-refractivity contribution < 1.29 is 29.4 Å². The molecule has 0 aliphatic heterocycles. The van der Waals surface area contributed by atoms with E-state index >= 15 is 0 Å². The van der Waals surface area contributed by atoms with Gasteiger partial charge in [-0.05, 0) is 0 Å². The SMILES string of the molecule is CCN(C(C)C)C(C)C([O][Sn])(C(F)(F)F)C(F)(F)F. The Morgan fingerprint density at radius 2 is 1.37 bits per heavy atom. The molecule has 0 fully saturated rings. The number of alkyl halides is 6. The van der Waals surface area contributed by atoms with Gasteiger partial charge in [0, 0.05) is 0 Å². The zero-order valence-electron chi connectivity index (χ0n) is 11.0. The minimum atomic E-state index is -5.53. The van der Waals surface area contributed by atoms with E-state index in [4.69, 9.17) is 0 Å². The van der Waals surface area contributed by atoms with Gasteiger partial charge in [-0.2, -0.15) is 0 Å². The Labute approximate surface area is 122 Å². The second kappa shape index (κ2) is 6.38. The van der Waals surface area contributed by atoms with Gasteiger partial charge in [0.05, 0.1) is 0 Å². The van der Waals surface area contributed by atoms with Gasteiger partial charge >= 0.3 is 122 Å². The predicted molar refractivity (Wildman–Crippen MR) is 58.7 cm³/mol. The molecule has 0 amide bonds. The van der Waals surface area contributed by atoms with Crippen molar-refractivity contribution in [3.63, 3.8) is 0 Å². The molecule has 0 bridgehead atoms. The first-order valence-corrected chi connectivity index (χ1v) is 6.77. The van der Waals surface area contributed by atoms with E-state index in [-0.39, 0.29) is 29.5 Å². The van der Waals surface area contributed by atoms with Crippen LogP contribution in [0.25, 0.3) is 0 Å². The molecule has 0 aromatic rings. The molecule has 0 aliphatic rings. The number of hydrogen-bond acceptors (Lipinski definition) is 2. The van der Waals surface area contributed by atoms with E-state index in [0.29, 0.717) is 0 Å². The summed E-state index contributed by atoms with van der Waals surface area (Å²) in [5, 5.41) is 0. The van der Waals surface area contributed by atoms with Gasteiger partial charge in [0.25, 0.3) is 0 Å². The van der Waals surface area contributed by atoms with E-state index in [0.717, 1.165) is 11.8 Å². The van der Waals surface area contributed by atoms with Crippen molar-refractivity contribution in [3.05, 3.63) is 0 Å². The molecular weight excluding hydrogens is 383 g/mol. The average Bonchev–Trinajstić information content (AvgIpc) is 2.14. The van der Waals surface area contributed by atoms with E-state index in [9.17, 15) is 26.3 Å². The van der Waals surface area contributed by atoms with Gasteiger partial charge in [0.15, 0.2) is 0 Å². The van der Waals surface area contributed by atoms with Crippen LogP contribution in [-0.2, 0) is 3.07 Å². The van der Waals surface area contributed by atoms with Crippen molar-refractivity contribution in [2.75, 3.05) is 6.54 Å². The van der Waals surface area contributed by atoms with Crippen LogP contribution < -0.4 is 0 Å². The van der Waals surface area contributed by atoms with Gasteiger partial charge in [-0.1, -0.05) is 0 Å². The molecule has 1 atom stereocenters. The van der Waals surface area contributed by atoms with Crippen LogP contribution in [0, 0.1) is 0 Å². The van der Waals surface area contributed by atoms with E-state index in [1.807, 2.05) is 0 Å². The first-order chi connectivity index (χ1) is 8.36. The first kappa shape index (κ1) is 19.3. The second-order valence-corrected chi connectivity index (χ2v) is 5.02. The van der Waals surface area contributed by atoms with Crippen molar-refractivity contribution in [1.82, 2.24) is 4.90 Å². The van der Waals surface area contributed by atoms with Crippen molar-refractivity contribution in [2.45, 2.75) is 57.7 Å². The first-order valence-electron chi connectivity index (χ1n) is 5.60. The van der Waals surface area contributed by atoms with Gasteiger partial charge < -0.3 is 0 Å². The molecule has 0 aromatic heterocycles. The van der Waals surface area contributed by atoms with E-state index < -0.39 is 30.0 Å². The summed E-state index contributed by atoms with van der Waals surface area (Å²) in [4.78, 5) is 1.12. The fraction of sp³-hybridized carbons (Fsp3) is 1.00. The minimum absolute atomic E-state index is 0.0617. The van der Waals surface area contributed by atoms with Gasteiger partial charge in [0.1, 0.15) is 0 Å². The summed E-state index contributed by atoms with van der Waals surface area (Å²) in [5.41, 5.74) is -4.15. The predicted octanol–water partition coefficient (Wildman–Crippen LogP) is 3.07. The molecule has 0 heterocycles. The van der Waals surface area contributed by atoms with E-state index in [1.54, 1.807) is 13.8 Å². The zero-order chi connectivity index (χ0) is 15.6. The molecule has 0 rings (SSSR count). The van der Waals surface area contributed by atoms with Crippen LogP contribution in [0.4, 0.5) is 26.3 Å². The standard InChI is InChI=1S/C10H16F6NO.Sn/c1-5-17(6(2)3)7(4)8(18,9(11,12)13)10(14,15)16;/h6-7H,5H2,1-4H3;/q-1;+1.